The van der Waals surface area contributed by atoms with Crippen molar-refractivity contribution in [1.82, 2.24) is 19.6 Å². The predicted molar refractivity (Wildman–Crippen MR) is 108 cm³/mol. The molecule has 0 bridgehead atoms. The number of anilines is 1. The van der Waals surface area contributed by atoms with Crippen LogP contribution in [0.1, 0.15) is 37.8 Å². The Morgan fingerprint density at radius 2 is 1.83 bits per heavy atom. The van der Waals surface area contributed by atoms with Gasteiger partial charge >= 0.3 is 5.97 Å². The van der Waals surface area contributed by atoms with Crippen molar-refractivity contribution < 1.29 is 24.2 Å². The van der Waals surface area contributed by atoms with Gasteiger partial charge in [-0.05, 0) is 31.5 Å². The maximum absolute atomic E-state index is 12.7. The van der Waals surface area contributed by atoms with Gasteiger partial charge in [0.15, 0.2) is 17.2 Å². The number of rotatable bonds is 7. The smallest absolute Gasteiger partial charge is 0.339 e. The highest BCUT2D eigenvalue weighted by Gasteiger charge is 2.23. The molecule has 0 unspecified atom stereocenters. The van der Waals surface area contributed by atoms with Crippen LogP contribution < -0.4 is 14.8 Å². The zero-order valence-electron chi connectivity index (χ0n) is 17.4. The minimum Gasteiger partial charge on any atom is -0.493 e. The standard InChI is InChI=1S/C20H23N5O5/c1-11-17(21-19(26)18-14(20(27)28)10-24(3)23-18)12(2)25(22-11)9-13-6-7-15(29-4)16(8-13)30-5/h6-8,10H,9H2,1-5H3,(H,21,26)(H,27,28). The second kappa shape index (κ2) is 8.27. The van der Waals surface area contributed by atoms with Gasteiger partial charge in [-0.2, -0.15) is 10.2 Å². The lowest BCUT2D eigenvalue weighted by atomic mass is 10.2. The second-order valence-corrected chi connectivity index (χ2v) is 6.72. The first-order chi connectivity index (χ1) is 14.2. The number of nitrogens with one attached hydrogen (secondary N) is 1. The molecule has 0 aliphatic carbocycles. The number of carbonyl (C=O) groups is 2. The van der Waals surface area contributed by atoms with Crippen LogP contribution in [0.2, 0.25) is 0 Å². The van der Waals surface area contributed by atoms with E-state index in [2.05, 4.69) is 15.5 Å². The Balaban J connectivity index is 1.86. The maximum atomic E-state index is 12.7. The summed E-state index contributed by atoms with van der Waals surface area (Å²) < 4.78 is 13.6. The molecule has 10 nitrogen and oxygen atoms in total. The molecule has 0 spiro atoms. The van der Waals surface area contributed by atoms with E-state index in [0.717, 1.165) is 11.3 Å². The van der Waals surface area contributed by atoms with E-state index >= 15 is 0 Å². The fraction of sp³-hybridized carbons (Fsp3) is 0.300. The number of carbonyl (C=O) groups excluding carboxylic acids is 1. The van der Waals surface area contributed by atoms with Crippen molar-refractivity contribution in [1.29, 1.82) is 0 Å². The molecule has 1 aromatic carbocycles. The lowest BCUT2D eigenvalue weighted by Crippen LogP contribution is -2.17. The van der Waals surface area contributed by atoms with Gasteiger partial charge in [-0.25, -0.2) is 4.79 Å². The summed E-state index contributed by atoms with van der Waals surface area (Å²) in [4.78, 5) is 24.0. The SMILES string of the molecule is COc1ccc(Cn2nc(C)c(NC(=O)c3nn(C)cc3C(=O)O)c2C)cc1OC. The van der Waals surface area contributed by atoms with E-state index < -0.39 is 11.9 Å². The molecular formula is C20H23N5O5. The normalized spacial score (nSPS) is 10.7. The number of hydrogen-bond acceptors (Lipinski definition) is 6. The molecule has 30 heavy (non-hydrogen) atoms. The summed E-state index contributed by atoms with van der Waals surface area (Å²) in [6, 6.07) is 5.58. The third kappa shape index (κ3) is 3.97. The van der Waals surface area contributed by atoms with Crippen LogP contribution in [-0.2, 0) is 13.6 Å². The molecular weight excluding hydrogens is 390 g/mol. The molecule has 1 amide bonds. The molecule has 2 aromatic heterocycles. The number of benzene rings is 1. The Hall–Kier alpha value is -3.82. The van der Waals surface area contributed by atoms with Gasteiger partial charge in [0.05, 0.1) is 37.8 Å². The summed E-state index contributed by atoms with van der Waals surface area (Å²) in [5.41, 5.74) is 2.47. The maximum Gasteiger partial charge on any atom is 0.339 e. The predicted octanol–water partition coefficient (Wildman–Crippen LogP) is 2.25. The van der Waals surface area contributed by atoms with Crippen LogP contribution in [0.5, 0.6) is 11.5 Å². The van der Waals surface area contributed by atoms with Gasteiger partial charge in [-0.3, -0.25) is 14.2 Å². The molecule has 0 saturated heterocycles. The molecule has 0 aliphatic rings. The van der Waals surface area contributed by atoms with Crippen molar-refractivity contribution in [3.05, 3.63) is 52.6 Å². The summed E-state index contributed by atoms with van der Waals surface area (Å²) in [6.45, 7) is 4.05. The van der Waals surface area contributed by atoms with E-state index in [0.29, 0.717) is 29.4 Å². The highest BCUT2D eigenvalue weighted by Crippen LogP contribution is 2.28. The van der Waals surface area contributed by atoms with Crippen LogP contribution in [0.3, 0.4) is 0 Å². The molecule has 10 heteroatoms. The van der Waals surface area contributed by atoms with E-state index in [-0.39, 0.29) is 11.3 Å². The molecule has 0 fully saturated rings. The quantitative estimate of drug-likeness (QED) is 0.609. The Kier molecular flexibility index (Phi) is 5.77. The van der Waals surface area contributed by atoms with E-state index in [1.807, 2.05) is 25.1 Å². The monoisotopic (exact) mass is 413 g/mol. The van der Waals surface area contributed by atoms with Crippen molar-refractivity contribution in [3.8, 4) is 11.5 Å². The Bertz CT molecular complexity index is 1120. The fourth-order valence-electron chi connectivity index (χ4n) is 3.17. The number of aromatic nitrogens is 4. The van der Waals surface area contributed by atoms with Gasteiger partial charge in [0.25, 0.3) is 5.91 Å². The number of carboxylic acids is 1. The Labute approximate surface area is 173 Å². The van der Waals surface area contributed by atoms with Crippen molar-refractivity contribution in [2.24, 2.45) is 7.05 Å². The van der Waals surface area contributed by atoms with Crippen LogP contribution in [0.4, 0.5) is 5.69 Å². The Morgan fingerprint density at radius 1 is 1.13 bits per heavy atom. The lowest BCUT2D eigenvalue weighted by molar-refractivity contribution is 0.0692. The molecule has 2 N–H and O–H groups in total. The van der Waals surface area contributed by atoms with Crippen molar-refractivity contribution in [3.63, 3.8) is 0 Å². The molecule has 0 saturated carbocycles. The average Bonchev–Trinajstić information content (AvgIpc) is 3.23. The third-order valence-electron chi connectivity index (χ3n) is 4.67. The average molecular weight is 413 g/mol. The summed E-state index contributed by atoms with van der Waals surface area (Å²) in [7, 11) is 4.70. The van der Waals surface area contributed by atoms with Crippen molar-refractivity contribution in [2.45, 2.75) is 20.4 Å². The zero-order chi connectivity index (χ0) is 22.0. The highest BCUT2D eigenvalue weighted by atomic mass is 16.5. The van der Waals surface area contributed by atoms with Gasteiger partial charge in [-0.15, -0.1) is 0 Å². The largest absolute Gasteiger partial charge is 0.493 e. The molecule has 2 heterocycles. The highest BCUT2D eigenvalue weighted by molar-refractivity contribution is 6.09. The van der Waals surface area contributed by atoms with Gasteiger partial charge < -0.3 is 19.9 Å². The third-order valence-corrected chi connectivity index (χ3v) is 4.67. The van der Waals surface area contributed by atoms with E-state index in [1.54, 1.807) is 32.9 Å². The number of hydrogen-bond donors (Lipinski definition) is 2. The summed E-state index contributed by atoms with van der Waals surface area (Å²) >= 11 is 0. The topological polar surface area (TPSA) is 120 Å². The fourth-order valence-corrected chi connectivity index (χ4v) is 3.17. The first-order valence-corrected chi connectivity index (χ1v) is 9.08. The van der Waals surface area contributed by atoms with Crippen LogP contribution in [0.15, 0.2) is 24.4 Å². The van der Waals surface area contributed by atoms with Gasteiger partial charge in [0, 0.05) is 13.2 Å². The number of amides is 1. The van der Waals surface area contributed by atoms with Crippen LogP contribution in [0.25, 0.3) is 0 Å². The first kappa shape index (κ1) is 20.9. The first-order valence-electron chi connectivity index (χ1n) is 9.08. The second-order valence-electron chi connectivity index (χ2n) is 6.72. The molecule has 0 atom stereocenters. The number of aromatic carboxylic acids is 1. The minimum atomic E-state index is -1.22. The zero-order valence-corrected chi connectivity index (χ0v) is 17.4. The van der Waals surface area contributed by atoms with Crippen LogP contribution >= 0.6 is 0 Å². The lowest BCUT2D eigenvalue weighted by Gasteiger charge is -2.11. The number of ether oxygens (including phenoxy) is 2. The van der Waals surface area contributed by atoms with Crippen LogP contribution in [0, 0.1) is 13.8 Å². The molecule has 158 valence electrons. The molecule has 3 rings (SSSR count). The van der Waals surface area contributed by atoms with Crippen molar-refractivity contribution >= 4 is 17.6 Å². The Morgan fingerprint density at radius 3 is 2.47 bits per heavy atom. The minimum absolute atomic E-state index is 0.156. The van der Waals surface area contributed by atoms with E-state index in [4.69, 9.17) is 9.47 Å². The number of nitrogens with zero attached hydrogens (tertiary/aromatic N) is 4. The number of aryl methyl sites for hydroxylation is 2. The van der Waals surface area contributed by atoms with Gasteiger partial charge in [-0.1, -0.05) is 6.07 Å². The van der Waals surface area contributed by atoms with Crippen molar-refractivity contribution in [2.75, 3.05) is 19.5 Å². The number of carboxylic acid groups (broad SMARTS) is 1. The summed E-state index contributed by atoms with van der Waals surface area (Å²) in [5.74, 6) is -0.579. The van der Waals surface area contributed by atoms with Gasteiger partial charge in [0.1, 0.15) is 5.56 Å². The molecule has 3 aromatic rings. The van der Waals surface area contributed by atoms with Gasteiger partial charge in [0.2, 0.25) is 0 Å². The van der Waals surface area contributed by atoms with E-state index in [1.165, 1.54) is 10.9 Å². The summed E-state index contributed by atoms with van der Waals surface area (Å²) in [5, 5.41) is 20.5. The van der Waals surface area contributed by atoms with E-state index in [9.17, 15) is 14.7 Å². The molecule has 0 radical (unpaired) electrons. The summed E-state index contributed by atoms with van der Waals surface area (Å²) in [6.07, 6.45) is 1.29. The number of methoxy groups -OCH3 is 2. The van der Waals surface area contributed by atoms with Crippen LogP contribution in [-0.4, -0.2) is 50.8 Å². The molecule has 0 aliphatic heterocycles.